The molecule has 5 heteroatoms. The van der Waals surface area contributed by atoms with Gasteiger partial charge in [0, 0.05) is 13.2 Å². The lowest BCUT2D eigenvalue weighted by atomic mass is 10.3. The lowest BCUT2D eigenvalue weighted by Gasteiger charge is -2.18. The average Bonchev–Trinajstić information content (AvgIpc) is 2.40. The first-order chi connectivity index (χ1) is 8.12. The van der Waals surface area contributed by atoms with Crippen molar-refractivity contribution in [2.45, 2.75) is 5.03 Å². The fourth-order valence-electron chi connectivity index (χ4n) is 1.37. The zero-order valence-electron chi connectivity index (χ0n) is 9.24. The maximum atomic E-state index is 12.2. The van der Waals surface area contributed by atoms with Gasteiger partial charge in [0.2, 0.25) is 0 Å². The van der Waals surface area contributed by atoms with Crippen LogP contribution in [0.5, 0.6) is 0 Å². The van der Waals surface area contributed by atoms with Crippen LogP contribution >= 0.6 is 0 Å². The molecule has 0 spiro atoms. The van der Waals surface area contributed by atoms with Crippen molar-refractivity contribution in [2.75, 3.05) is 11.4 Å². The number of aromatic nitrogens is 1. The van der Waals surface area contributed by atoms with Crippen LogP contribution in [0, 0.1) is 6.07 Å². The summed E-state index contributed by atoms with van der Waals surface area (Å²) in [6.07, 6.45) is 1.46. The lowest BCUT2D eigenvalue weighted by Crippen LogP contribution is -2.27. The number of pyridine rings is 1. The molecule has 1 heterocycles. The van der Waals surface area contributed by atoms with Gasteiger partial charge in [-0.15, -0.1) is 0 Å². The Morgan fingerprint density at radius 1 is 1.18 bits per heavy atom. The summed E-state index contributed by atoms with van der Waals surface area (Å²) >= 11 is 0. The highest BCUT2D eigenvalue weighted by molar-refractivity contribution is 7.92. The van der Waals surface area contributed by atoms with Crippen LogP contribution in [0.3, 0.4) is 0 Å². The molecule has 4 nitrogen and oxygen atoms in total. The van der Waals surface area contributed by atoms with Crippen LogP contribution in [0.25, 0.3) is 0 Å². The van der Waals surface area contributed by atoms with E-state index in [9.17, 15) is 8.42 Å². The van der Waals surface area contributed by atoms with Gasteiger partial charge in [-0.25, -0.2) is 4.98 Å². The molecule has 1 aromatic carbocycles. The van der Waals surface area contributed by atoms with E-state index in [2.05, 4.69) is 11.1 Å². The lowest BCUT2D eigenvalue weighted by molar-refractivity contribution is 0.590. The fourth-order valence-corrected chi connectivity index (χ4v) is 2.49. The maximum absolute atomic E-state index is 12.2. The number of nitrogens with zero attached hydrogens (tertiary/aromatic N) is 2. The van der Waals surface area contributed by atoms with Gasteiger partial charge < -0.3 is 0 Å². The van der Waals surface area contributed by atoms with Gasteiger partial charge in [-0.1, -0.05) is 18.2 Å². The fraction of sp³-hybridized carbons (Fsp3) is 0.0833. The van der Waals surface area contributed by atoms with Crippen molar-refractivity contribution in [3.05, 3.63) is 54.7 Å². The van der Waals surface area contributed by atoms with Crippen LogP contribution < -0.4 is 4.31 Å². The molecule has 0 aliphatic heterocycles. The molecule has 17 heavy (non-hydrogen) atoms. The molecule has 0 fully saturated rings. The van der Waals surface area contributed by atoms with Gasteiger partial charge in [0.25, 0.3) is 10.0 Å². The molecule has 0 N–H and O–H groups in total. The highest BCUT2D eigenvalue weighted by Crippen LogP contribution is 2.19. The van der Waals surface area contributed by atoms with Crippen molar-refractivity contribution in [1.82, 2.24) is 4.98 Å². The largest absolute Gasteiger partial charge is 0.281 e. The molecule has 0 amide bonds. The van der Waals surface area contributed by atoms with Crippen molar-refractivity contribution in [1.29, 1.82) is 0 Å². The van der Waals surface area contributed by atoms with E-state index in [0.717, 1.165) is 0 Å². The van der Waals surface area contributed by atoms with Crippen LogP contribution in [0.2, 0.25) is 0 Å². The second-order valence-corrected chi connectivity index (χ2v) is 5.31. The Morgan fingerprint density at radius 2 is 1.88 bits per heavy atom. The third kappa shape index (κ3) is 2.29. The first kappa shape index (κ1) is 11.6. The van der Waals surface area contributed by atoms with Crippen molar-refractivity contribution >= 4 is 15.7 Å². The summed E-state index contributed by atoms with van der Waals surface area (Å²) in [4.78, 5) is 3.86. The number of hydrogen-bond acceptors (Lipinski definition) is 3. The predicted molar refractivity (Wildman–Crippen MR) is 65.1 cm³/mol. The van der Waals surface area contributed by atoms with Gasteiger partial charge in [-0.3, -0.25) is 4.31 Å². The van der Waals surface area contributed by atoms with E-state index in [-0.39, 0.29) is 5.03 Å². The van der Waals surface area contributed by atoms with Gasteiger partial charge in [0.05, 0.1) is 5.69 Å². The van der Waals surface area contributed by atoms with Crippen LogP contribution in [-0.2, 0) is 10.0 Å². The topological polar surface area (TPSA) is 50.3 Å². The first-order valence-electron chi connectivity index (χ1n) is 4.98. The number of rotatable bonds is 3. The SMILES string of the molecule is CN(c1cc[c]cc1)S(=O)(=O)c1ccccn1. The molecule has 87 valence electrons. The highest BCUT2D eigenvalue weighted by Gasteiger charge is 2.21. The van der Waals surface area contributed by atoms with E-state index in [1.54, 1.807) is 36.4 Å². The molecule has 0 aliphatic rings. The van der Waals surface area contributed by atoms with Crippen molar-refractivity contribution in [3.8, 4) is 0 Å². The summed E-state index contributed by atoms with van der Waals surface area (Å²) in [5.74, 6) is 0. The van der Waals surface area contributed by atoms with E-state index in [1.165, 1.54) is 23.6 Å². The summed E-state index contributed by atoms with van der Waals surface area (Å²) in [5, 5.41) is 0.0373. The molecule has 1 aromatic heterocycles. The Kier molecular flexibility index (Phi) is 3.10. The third-order valence-electron chi connectivity index (χ3n) is 2.33. The first-order valence-corrected chi connectivity index (χ1v) is 6.42. The summed E-state index contributed by atoms with van der Waals surface area (Å²) in [6.45, 7) is 0. The van der Waals surface area contributed by atoms with Gasteiger partial charge >= 0.3 is 0 Å². The third-order valence-corrected chi connectivity index (χ3v) is 4.03. The Balaban J connectivity index is 2.41. The molecular formula is C12H11N2O2S. The monoisotopic (exact) mass is 247 g/mol. The van der Waals surface area contributed by atoms with E-state index >= 15 is 0 Å². The molecule has 0 bridgehead atoms. The highest BCUT2D eigenvalue weighted by atomic mass is 32.2. The molecule has 0 saturated carbocycles. The Hall–Kier alpha value is -1.88. The smallest absolute Gasteiger partial charge is 0.268 e. The predicted octanol–water partition coefficient (Wildman–Crippen LogP) is 1.71. The Labute approximate surface area is 101 Å². The second kappa shape index (κ2) is 4.55. The number of benzene rings is 1. The number of anilines is 1. The summed E-state index contributed by atoms with van der Waals surface area (Å²) in [7, 11) is -2.08. The molecule has 0 aliphatic carbocycles. The molecular weight excluding hydrogens is 236 g/mol. The van der Waals surface area contributed by atoms with Gasteiger partial charge in [0.1, 0.15) is 0 Å². The van der Waals surface area contributed by atoms with Crippen molar-refractivity contribution in [2.24, 2.45) is 0 Å². The Bertz CT molecular complexity index is 582. The maximum Gasteiger partial charge on any atom is 0.281 e. The molecule has 2 aromatic rings. The zero-order chi connectivity index (χ0) is 12.3. The van der Waals surface area contributed by atoms with E-state index in [4.69, 9.17) is 0 Å². The number of sulfonamides is 1. The quantitative estimate of drug-likeness (QED) is 0.829. The van der Waals surface area contributed by atoms with Crippen LogP contribution in [0.1, 0.15) is 0 Å². The van der Waals surface area contributed by atoms with E-state index < -0.39 is 10.0 Å². The second-order valence-electron chi connectivity index (χ2n) is 3.40. The van der Waals surface area contributed by atoms with Gasteiger partial charge in [0.15, 0.2) is 5.03 Å². The van der Waals surface area contributed by atoms with Gasteiger partial charge in [-0.05, 0) is 30.3 Å². The minimum Gasteiger partial charge on any atom is -0.268 e. The normalized spacial score (nSPS) is 11.1. The van der Waals surface area contributed by atoms with Crippen molar-refractivity contribution < 1.29 is 8.42 Å². The average molecular weight is 247 g/mol. The van der Waals surface area contributed by atoms with Crippen molar-refractivity contribution in [3.63, 3.8) is 0 Å². The van der Waals surface area contributed by atoms with Crippen LogP contribution in [-0.4, -0.2) is 20.4 Å². The summed E-state index contributed by atoms with van der Waals surface area (Å²) < 4.78 is 25.6. The Morgan fingerprint density at radius 3 is 2.47 bits per heavy atom. The molecule has 1 radical (unpaired) electrons. The summed E-state index contributed by atoms with van der Waals surface area (Å²) in [6, 6.07) is 14.3. The minimum atomic E-state index is -3.58. The molecule has 0 unspecified atom stereocenters. The van der Waals surface area contributed by atoms with Crippen LogP contribution in [0.15, 0.2) is 53.7 Å². The van der Waals surface area contributed by atoms with Gasteiger partial charge in [-0.2, -0.15) is 8.42 Å². The van der Waals surface area contributed by atoms with E-state index in [1.807, 2.05) is 0 Å². The molecule has 0 saturated heterocycles. The zero-order valence-corrected chi connectivity index (χ0v) is 10.1. The molecule has 0 atom stereocenters. The summed E-state index contributed by atoms with van der Waals surface area (Å²) in [5.41, 5.74) is 0.578. The molecule has 2 rings (SSSR count). The van der Waals surface area contributed by atoms with Crippen LogP contribution in [0.4, 0.5) is 5.69 Å². The standard InChI is InChI=1S/C12H11N2O2S/c1-14(11-7-3-2-4-8-11)17(15,16)12-9-5-6-10-13-12/h3-10H,1H3. The van der Waals surface area contributed by atoms with E-state index in [0.29, 0.717) is 5.69 Å². The number of hydrogen-bond donors (Lipinski definition) is 0. The minimum absolute atomic E-state index is 0.0373.